The second-order valence-electron chi connectivity index (χ2n) is 7.02. The van der Waals surface area contributed by atoms with Crippen molar-refractivity contribution in [2.24, 2.45) is 0 Å². The van der Waals surface area contributed by atoms with Gasteiger partial charge in [0.05, 0.1) is 0 Å². The highest BCUT2D eigenvalue weighted by Crippen LogP contribution is 2.30. The summed E-state index contributed by atoms with van der Waals surface area (Å²) in [5.41, 5.74) is 5.61. The van der Waals surface area contributed by atoms with Crippen molar-refractivity contribution in [1.29, 1.82) is 0 Å². The van der Waals surface area contributed by atoms with Gasteiger partial charge in [-0.15, -0.1) is 0 Å². The molecule has 0 spiro atoms. The Bertz CT molecular complexity index is 1010. The van der Waals surface area contributed by atoms with Gasteiger partial charge in [-0.1, -0.05) is 42.5 Å². The first-order chi connectivity index (χ1) is 13.6. The van der Waals surface area contributed by atoms with Gasteiger partial charge < -0.3 is 10.2 Å². The van der Waals surface area contributed by atoms with Crippen LogP contribution in [-0.4, -0.2) is 18.4 Å². The number of carbonyl (C=O) groups is 2. The molecule has 0 fully saturated rings. The summed E-state index contributed by atoms with van der Waals surface area (Å²) < 4.78 is 0. The third-order valence-electron chi connectivity index (χ3n) is 5.09. The molecule has 1 aliphatic rings. The van der Waals surface area contributed by atoms with E-state index in [1.807, 2.05) is 72.8 Å². The average Bonchev–Trinajstić information content (AvgIpc) is 2.73. The van der Waals surface area contributed by atoms with E-state index in [1.54, 1.807) is 11.8 Å². The first-order valence-electron chi connectivity index (χ1n) is 9.50. The van der Waals surface area contributed by atoms with Gasteiger partial charge >= 0.3 is 0 Å². The molecule has 3 aromatic carbocycles. The van der Waals surface area contributed by atoms with Crippen molar-refractivity contribution in [3.05, 3.63) is 83.9 Å². The Balaban J connectivity index is 1.50. The van der Waals surface area contributed by atoms with Crippen LogP contribution in [0.2, 0.25) is 0 Å². The highest BCUT2D eigenvalue weighted by Gasteiger charge is 2.20. The molecule has 28 heavy (non-hydrogen) atoms. The lowest BCUT2D eigenvalue weighted by Gasteiger charge is -2.29. The van der Waals surface area contributed by atoms with Crippen LogP contribution in [0.4, 0.5) is 11.4 Å². The van der Waals surface area contributed by atoms with E-state index in [1.165, 1.54) is 0 Å². The van der Waals surface area contributed by atoms with Crippen molar-refractivity contribution in [3.8, 4) is 11.1 Å². The molecule has 4 heteroatoms. The number of carbonyl (C=O) groups excluding carboxylic acids is 2. The van der Waals surface area contributed by atoms with Crippen LogP contribution in [0.3, 0.4) is 0 Å². The Morgan fingerprint density at radius 1 is 0.893 bits per heavy atom. The molecule has 0 unspecified atom stereocenters. The monoisotopic (exact) mass is 370 g/mol. The van der Waals surface area contributed by atoms with Crippen LogP contribution in [0.5, 0.6) is 0 Å². The summed E-state index contributed by atoms with van der Waals surface area (Å²) in [7, 11) is 0. The summed E-state index contributed by atoms with van der Waals surface area (Å²) in [6.07, 6.45) is 1.85. The van der Waals surface area contributed by atoms with Crippen molar-refractivity contribution >= 4 is 23.2 Å². The molecular formula is C24H22N2O2. The van der Waals surface area contributed by atoms with Crippen molar-refractivity contribution < 1.29 is 9.59 Å². The van der Waals surface area contributed by atoms with E-state index < -0.39 is 0 Å². The SMILES string of the molecule is CC(=O)N1CCCc2cc(NC(=O)c3ccc(-c4ccccc4)cc3)ccc21. The minimum atomic E-state index is -0.140. The molecule has 140 valence electrons. The van der Waals surface area contributed by atoms with Crippen LogP contribution in [0.15, 0.2) is 72.8 Å². The molecule has 3 aromatic rings. The fourth-order valence-corrected chi connectivity index (χ4v) is 3.65. The van der Waals surface area contributed by atoms with Crippen LogP contribution in [0, 0.1) is 0 Å². The van der Waals surface area contributed by atoms with Crippen molar-refractivity contribution in [2.45, 2.75) is 19.8 Å². The van der Waals surface area contributed by atoms with Crippen LogP contribution in [0.1, 0.15) is 29.3 Å². The summed E-state index contributed by atoms with van der Waals surface area (Å²) in [5.74, 6) is -0.0879. The molecule has 0 aromatic heterocycles. The summed E-state index contributed by atoms with van der Waals surface area (Å²) in [5, 5.41) is 2.97. The van der Waals surface area contributed by atoms with E-state index in [0.29, 0.717) is 5.56 Å². The molecule has 0 saturated carbocycles. The summed E-state index contributed by atoms with van der Waals surface area (Å²) in [6.45, 7) is 2.34. The minimum Gasteiger partial charge on any atom is -0.322 e. The zero-order valence-corrected chi connectivity index (χ0v) is 15.8. The van der Waals surface area contributed by atoms with Crippen LogP contribution >= 0.6 is 0 Å². The number of amides is 2. The number of hydrogen-bond donors (Lipinski definition) is 1. The lowest BCUT2D eigenvalue weighted by molar-refractivity contribution is -0.116. The highest BCUT2D eigenvalue weighted by molar-refractivity contribution is 6.04. The van der Waals surface area contributed by atoms with Gasteiger partial charge in [0.25, 0.3) is 5.91 Å². The predicted octanol–water partition coefficient (Wildman–Crippen LogP) is 4.91. The van der Waals surface area contributed by atoms with E-state index >= 15 is 0 Å². The first kappa shape index (κ1) is 18.0. The van der Waals surface area contributed by atoms with Gasteiger partial charge in [-0.05, 0) is 59.9 Å². The van der Waals surface area contributed by atoms with Gasteiger partial charge in [-0.2, -0.15) is 0 Å². The topological polar surface area (TPSA) is 49.4 Å². The number of aryl methyl sites for hydroxylation is 1. The Hall–Kier alpha value is -3.40. The summed E-state index contributed by atoms with van der Waals surface area (Å²) in [6, 6.07) is 23.4. The largest absolute Gasteiger partial charge is 0.322 e. The molecule has 0 atom stereocenters. The minimum absolute atomic E-state index is 0.0521. The van der Waals surface area contributed by atoms with E-state index in [-0.39, 0.29) is 11.8 Å². The fourth-order valence-electron chi connectivity index (χ4n) is 3.65. The number of rotatable bonds is 3. The molecule has 0 aliphatic carbocycles. The number of nitrogens with zero attached hydrogens (tertiary/aromatic N) is 1. The molecule has 0 radical (unpaired) electrons. The lowest BCUT2D eigenvalue weighted by Crippen LogP contribution is -2.33. The number of fused-ring (bicyclic) bond motifs is 1. The third-order valence-corrected chi connectivity index (χ3v) is 5.09. The number of anilines is 2. The number of benzene rings is 3. The van der Waals surface area contributed by atoms with Gasteiger partial charge in [0.2, 0.25) is 5.91 Å². The van der Waals surface area contributed by atoms with Gasteiger partial charge in [-0.25, -0.2) is 0 Å². The predicted molar refractivity (Wildman–Crippen MR) is 113 cm³/mol. The zero-order chi connectivity index (χ0) is 19.5. The molecule has 1 N–H and O–H groups in total. The van der Waals surface area contributed by atoms with E-state index in [4.69, 9.17) is 0 Å². The second-order valence-corrected chi connectivity index (χ2v) is 7.02. The van der Waals surface area contributed by atoms with Crippen LogP contribution in [-0.2, 0) is 11.2 Å². The zero-order valence-electron chi connectivity index (χ0n) is 15.8. The van der Waals surface area contributed by atoms with E-state index in [0.717, 1.165) is 47.5 Å². The number of nitrogens with one attached hydrogen (secondary N) is 1. The molecule has 4 rings (SSSR count). The maximum absolute atomic E-state index is 12.6. The molecule has 1 aliphatic heterocycles. The Morgan fingerprint density at radius 2 is 1.61 bits per heavy atom. The maximum atomic E-state index is 12.6. The standard InChI is InChI=1S/C24H22N2O2/c1-17(27)26-15-5-8-21-16-22(13-14-23(21)26)25-24(28)20-11-9-19(10-12-20)18-6-3-2-4-7-18/h2-4,6-7,9-14,16H,5,8,15H2,1H3,(H,25,28). The maximum Gasteiger partial charge on any atom is 0.255 e. The molecule has 0 saturated heterocycles. The normalized spacial score (nSPS) is 13.0. The Labute approximate surface area is 164 Å². The average molecular weight is 370 g/mol. The fraction of sp³-hybridized carbons (Fsp3) is 0.167. The molecule has 4 nitrogen and oxygen atoms in total. The molecular weight excluding hydrogens is 348 g/mol. The Kier molecular flexibility index (Phi) is 4.94. The second kappa shape index (κ2) is 7.69. The Morgan fingerprint density at radius 3 is 2.32 bits per heavy atom. The number of hydrogen-bond acceptors (Lipinski definition) is 2. The molecule has 2 amide bonds. The van der Waals surface area contributed by atoms with Gasteiger partial charge in [0.15, 0.2) is 0 Å². The van der Waals surface area contributed by atoms with Crippen LogP contribution in [0.25, 0.3) is 11.1 Å². The van der Waals surface area contributed by atoms with Crippen LogP contribution < -0.4 is 10.2 Å². The van der Waals surface area contributed by atoms with Gasteiger partial charge in [0.1, 0.15) is 0 Å². The van der Waals surface area contributed by atoms with Gasteiger partial charge in [-0.3, -0.25) is 9.59 Å². The van der Waals surface area contributed by atoms with Crippen molar-refractivity contribution in [2.75, 3.05) is 16.8 Å². The van der Waals surface area contributed by atoms with E-state index in [2.05, 4.69) is 5.32 Å². The molecule has 0 bridgehead atoms. The van der Waals surface area contributed by atoms with Crippen molar-refractivity contribution in [1.82, 2.24) is 0 Å². The first-order valence-corrected chi connectivity index (χ1v) is 9.50. The van der Waals surface area contributed by atoms with Crippen molar-refractivity contribution in [3.63, 3.8) is 0 Å². The van der Waals surface area contributed by atoms with Gasteiger partial charge in [0, 0.05) is 30.4 Å². The van der Waals surface area contributed by atoms with E-state index in [9.17, 15) is 9.59 Å². The lowest BCUT2D eigenvalue weighted by atomic mass is 10.0. The summed E-state index contributed by atoms with van der Waals surface area (Å²) >= 11 is 0. The summed E-state index contributed by atoms with van der Waals surface area (Å²) in [4.78, 5) is 26.2. The quantitative estimate of drug-likeness (QED) is 0.712. The molecule has 1 heterocycles. The third kappa shape index (κ3) is 3.67. The smallest absolute Gasteiger partial charge is 0.255 e. The highest BCUT2D eigenvalue weighted by atomic mass is 16.2.